The summed E-state index contributed by atoms with van der Waals surface area (Å²) < 4.78 is 22.1. The van der Waals surface area contributed by atoms with Crippen molar-refractivity contribution in [2.75, 3.05) is 19.8 Å². The predicted octanol–water partition coefficient (Wildman–Crippen LogP) is 9.11. The molecule has 1 aliphatic heterocycles. The molecular weight excluding hydrogens is 700 g/mol. The number of ether oxygens (including phenoxy) is 4. The molecule has 1 aliphatic rings. The molecule has 55 heavy (non-hydrogen) atoms. The van der Waals surface area contributed by atoms with Gasteiger partial charge in [0.1, 0.15) is 31.0 Å². The van der Waals surface area contributed by atoms with E-state index in [0.29, 0.717) is 12.8 Å². The van der Waals surface area contributed by atoms with Crippen molar-refractivity contribution in [1.82, 2.24) is 0 Å². The zero-order chi connectivity index (χ0) is 40.2. The summed E-state index contributed by atoms with van der Waals surface area (Å²) in [6.45, 7) is 3.36. The highest BCUT2D eigenvalue weighted by atomic mass is 16.7. The van der Waals surface area contributed by atoms with E-state index in [0.717, 1.165) is 51.4 Å². The van der Waals surface area contributed by atoms with Gasteiger partial charge in [0, 0.05) is 12.8 Å². The van der Waals surface area contributed by atoms with Crippen LogP contribution < -0.4 is 0 Å². The first-order chi connectivity index (χ1) is 26.8. The lowest BCUT2D eigenvalue weighted by Crippen LogP contribution is -2.59. The van der Waals surface area contributed by atoms with E-state index in [2.05, 4.69) is 50.3 Å². The number of hydrogen-bond acceptors (Lipinski definition) is 10. The molecule has 0 aliphatic carbocycles. The minimum atomic E-state index is -1.60. The fourth-order valence-corrected chi connectivity index (χ4v) is 6.45. The Balaban J connectivity index is 2.37. The van der Waals surface area contributed by atoms with E-state index in [1.54, 1.807) is 0 Å². The fourth-order valence-electron chi connectivity index (χ4n) is 6.45. The number of allylic oxidation sites excluding steroid dienone is 6. The van der Waals surface area contributed by atoms with Gasteiger partial charge in [0.05, 0.1) is 13.2 Å². The number of carbonyl (C=O) groups excluding carboxylic acids is 2. The summed E-state index contributed by atoms with van der Waals surface area (Å²) in [5, 5.41) is 40.0. The van der Waals surface area contributed by atoms with Gasteiger partial charge >= 0.3 is 11.9 Å². The van der Waals surface area contributed by atoms with Crippen molar-refractivity contribution < 1.29 is 49.0 Å². The topological polar surface area (TPSA) is 152 Å². The number of unbranched alkanes of at least 4 members (excludes halogenated alkanes) is 19. The lowest BCUT2D eigenvalue weighted by atomic mass is 9.99. The van der Waals surface area contributed by atoms with Gasteiger partial charge in [-0.15, -0.1) is 0 Å². The standard InChI is InChI=1S/C45H80O10/c1-3-5-7-9-11-13-15-17-19-21-23-25-27-29-31-33-40(47)52-36-38(37-53-45-44(51)43(50)42(49)39(35-46)55-45)54-41(48)34-32-30-28-26-24-22-20-18-16-14-12-10-8-6-4-2/h14,16-17,19,23,25,38-39,42-46,49-51H,3-13,15,18,20-22,24,26-37H2,1-2H3/b16-14+,19-17+,25-23+/t38-,39-,42+,43?,44?,45-/m0/s1. The molecule has 10 heteroatoms. The largest absolute Gasteiger partial charge is 0.462 e. The van der Waals surface area contributed by atoms with Crippen LogP contribution in [-0.4, -0.2) is 89.0 Å². The highest BCUT2D eigenvalue weighted by molar-refractivity contribution is 5.70. The lowest BCUT2D eigenvalue weighted by molar-refractivity contribution is -0.305. The van der Waals surface area contributed by atoms with Gasteiger partial charge in [-0.2, -0.15) is 0 Å². The number of carbonyl (C=O) groups is 2. The molecule has 0 aromatic carbocycles. The molecule has 1 heterocycles. The molecule has 0 amide bonds. The molecule has 0 aromatic rings. The van der Waals surface area contributed by atoms with Crippen LogP contribution in [0.4, 0.5) is 0 Å². The predicted molar refractivity (Wildman–Crippen MR) is 219 cm³/mol. The van der Waals surface area contributed by atoms with E-state index in [4.69, 9.17) is 18.9 Å². The number of aliphatic hydroxyl groups is 4. The Morgan fingerprint density at radius 2 is 1.02 bits per heavy atom. The summed E-state index contributed by atoms with van der Waals surface area (Å²) in [4.78, 5) is 25.3. The maximum atomic E-state index is 12.7. The zero-order valence-corrected chi connectivity index (χ0v) is 34.7. The fraction of sp³-hybridized carbons (Fsp3) is 0.822. The lowest BCUT2D eigenvalue weighted by Gasteiger charge is -2.39. The second kappa shape index (κ2) is 36.3. The first-order valence-corrected chi connectivity index (χ1v) is 22.1. The van der Waals surface area contributed by atoms with E-state index < -0.39 is 55.4 Å². The van der Waals surface area contributed by atoms with Gasteiger partial charge in [0.25, 0.3) is 0 Å². The van der Waals surface area contributed by atoms with E-state index in [1.807, 2.05) is 0 Å². The molecular formula is C45H80O10. The Morgan fingerprint density at radius 3 is 1.58 bits per heavy atom. The maximum absolute atomic E-state index is 12.7. The van der Waals surface area contributed by atoms with Crippen molar-refractivity contribution in [3.63, 3.8) is 0 Å². The summed E-state index contributed by atoms with van der Waals surface area (Å²) >= 11 is 0. The van der Waals surface area contributed by atoms with Crippen molar-refractivity contribution in [2.45, 2.75) is 218 Å². The molecule has 4 N–H and O–H groups in total. The molecule has 0 bridgehead atoms. The molecule has 1 saturated heterocycles. The van der Waals surface area contributed by atoms with Gasteiger partial charge in [-0.05, 0) is 70.6 Å². The highest BCUT2D eigenvalue weighted by Gasteiger charge is 2.44. The van der Waals surface area contributed by atoms with Crippen molar-refractivity contribution in [1.29, 1.82) is 0 Å². The summed E-state index contributed by atoms with van der Waals surface area (Å²) in [6.07, 6.45) is 32.9. The summed E-state index contributed by atoms with van der Waals surface area (Å²) in [7, 11) is 0. The van der Waals surface area contributed by atoms with Gasteiger partial charge < -0.3 is 39.4 Å². The van der Waals surface area contributed by atoms with E-state index >= 15 is 0 Å². The van der Waals surface area contributed by atoms with Crippen LogP contribution in [0.15, 0.2) is 36.5 Å². The zero-order valence-electron chi connectivity index (χ0n) is 34.7. The van der Waals surface area contributed by atoms with Crippen LogP contribution in [0.2, 0.25) is 0 Å². The van der Waals surface area contributed by atoms with E-state index in [9.17, 15) is 30.0 Å². The summed E-state index contributed by atoms with van der Waals surface area (Å²) in [5.74, 6) is -0.849. The molecule has 320 valence electrons. The Kier molecular flexibility index (Phi) is 33.6. The quantitative estimate of drug-likeness (QED) is 0.0275. The van der Waals surface area contributed by atoms with Crippen LogP contribution in [0.5, 0.6) is 0 Å². The van der Waals surface area contributed by atoms with Crippen LogP contribution in [-0.2, 0) is 28.5 Å². The molecule has 10 nitrogen and oxygen atoms in total. The van der Waals surface area contributed by atoms with Crippen LogP contribution >= 0.6 is 0 Å². The molecule has 0 spiro atoms. The van der Waals surface area contributed by atoms with Gasteiger partial charge in [-0.3, -0.25) is 9.59 Å². The molecule has 1 fully saturated rings. The van der Waals surface area contributed by atoms with Gasteiger partial charge in [-0.25, -0.2) is 0 Å². The third-order valence-electron chi connectivity index (χ3n) is 10.00. The Morgan fingerprint density at radius 1 is 0.564 bits per heavy atom. The average molecular weight is 781 g/mol. The molecule has 1 rings (SSSR count). The van der Waals surface area contributed by atoms with E-state index in [-0.39, 0.29) is 26.1 Å². The third-order valence-corrected chi connectivity index (χ3v) is 10.00. The van der Waals surface area contributed by atoms with E-state index in [1.165, 1.54) is 89.9 Å². The van der Waals surface area contributed by atoms with Crippen molar-refractivity contribution in [2.24, 2.45) is 0 Å². The number of aliphatic hydroxyl groups excluding tert-OH is 4. The maximum Gasteiger partial charge on any atom is 0.306 e. The summed E-state index contributed by atoms with van der Waals surface area (Å²) in [6, 6.07) is 0. The van der Waals surface area contributed by atoms with Crippen LogP contribution in [0, 0.1) is 0 Å². The third kappa shape index (κ3) is 28.0. The Bertz CT molecular complexity index is 996. The van der Waals surface area contributed by atoms with Crippen molar-refractivity contribution in [3.8, 4) is 0 Å². The monoisotopic (exact) mass is 781 g/mol. The van der Waals surface area contributed by atoms with Crippen LogP contribution in [0.25, 0.3) is 0 Å². The molecule has 0 saturated carbocycles. The van der Waals surface area contributed by atoms with Crippen molar-refractivity contribution >= 4 is 11.9 Å². The van der Waals surface area contributed by atoms with Crippen LogP contribution in [0.3, 0.4) is 0 Å². The molecule has 6 atom stereocenters. The number of hydrogen-bond donors (Lipinski definition) is 4. The number of esters is 2. The molecule has 0 aromatic heterocycles. The smallest absolute Gasteiger partial charge is 0.306 e. The Labute approximate surface area is 334 Å². The normalized spacial score (nSPS) is 20.9. The second-order valence-electron chi connectivity index (χ2n) is 15.1. The van der Waals surface area contributed by atoms with Gasteiger partial charge in [-0.1, -0.05) is 134 Å². The minimum absolute atomic E-state index is 0.218. The second-order valence-corrected chi connectivity index (χ2v) is 15.1. The number of rotatable bonds is 36. The van der Waals surface area contributed by atoms with Crippen LogP contribution in [0.1, 0.15) is 181 Å². The highest BCUT2D eigenvalue weighted by Crippen LogP contribution is 2.22. The average Bonchev–Trinajstić information content (AvgIpc) is 3.18. The minimum Gasteiger partial charge on any atom is -0.462 e. The molecule has 0 radical (unpaired) electrons. The van der Waals surface area contributed by atoms with Gasteiger partial charge in [0.15, 0.2) is 12.4 Å². The first-order valence-electron chi connectivity index (χ1n) is 22.1. The van der Waals surface area contributed by atoms with Crippen molar-refractivity contribution in [3.05, 3.63) is 36.5 Å². The summed E-state index contributed by atoms with van der Waals surface area (Å²) in [5.41, 5.74) is 0. The molecule has 2 unspecified atom stereocenters. The van der Waals surface area contributed by atoms with Gasteiger partial charge in [0.2, 0.25) is 0 Å². The SMILES string of the molecule is CCCCCC/C=C/CCCCCCCCCC(=O)O[C@@H](COC(=O)CCCC/C=C/C/C=C/CCCCCCCC)CO[C@H]1O[C@@H](CO)[C@@H](O)C(O)C1O. The first kappa shape index (κ1) is 50.9. The Hall–Kier alpha value is -2.08.